The summed E-state index contributed by atoms with van der Waals surface area (Å²) in [6, 6.07) is 7.01. The number of nitrogens with two attached hydrogens (primary N) is 1. The minimum Gasteiger partial charge on any atom is -0.454 e. The van der Waals surface area contributed by atoms with Gasteiger partial charge in [0.25, 0.3) is 5.91 Å². The summed E-state index contributed by atoms with van der Waals surface area (Å²) in [6.07, 6.45) is 4.39. The lowest BCUT2D eigenvalue weighted by Crippen LogP contribution is -2.39. The second-order valence-corrected chi connectivity index (χ2v) is 11.1. The third-order valence-corrected chi connectivity index (χ3v) is 6.83. The molecule has 0 bridgehead atoms. The number of benzene rings is 2. The number of nitrogens with zero attached hydrogens (tertiary/aromatic N) is 6. The average molecular weight is 576 g/mol. The Morgan fingerprint density at radius 1 is 1.19 bits per heavy atom. The number of amides is 1. The van der Waals surface area contributed by atoms with E-state index < -0.39 is 17.5 Å². The predicted molar refractivity (Wildman–Crippen MR) is 150 cm³/mol. The Balaban J connectivity index is 1.48. The number of carbonyl (C=O) groups is 1. The molecule has 2 N–H and O–H groups in total. The number of halogens is 3. The number of anilines is 1. The molecular formula is C30H28F3N7O2. The standard InChI is InChI=1S/C30H28F3N7O2/c1-30(2,3)14-22(35-4)29(41)39-12-6-7-17(39)15-40-28-24(27(34)36-16-37-28)26(38-40)19-11-10-18(13-21(19)32)42-23-9-5-8-20(31)25(23)33/h5,8-11,13-14,16-17H,6-7,12,15H2,1-3H3,(H2,34,36,37). The van der Waals surface area contributed by atoms with Crippen molar-refractivity contribution in [3.8, 4) is 22.8 Å². The highest BCUT2D eigenvalue weighted by Gasteiger charge is 2.33. The summed E-state index contributed by atoms with van der Waals surface area (Å²) in [7, 11) is 0. The molecule has 0 saturated carbocycles. The minimum absolute atomic E-state index is 0.0484. The summed E-state index contributed by atoms with van der Waals surface area (Å²) in [4.78, 5) is 26.9. The molecule has 1 aliphatic rings. The van der Waals surface area contributed by atoms with Crippen molar-refractivity contribution in [2.75, 3.05) is 12.3 Å². The molecular weight excluding hydrogens is 547 g/mol. The average Bonchev–Trinajstić information content (AvgIpc) is 3.55. The first-order valence-corrected chi connectivity index (χ1v) is 13.3. The van der Waals surface area contributed by atoms with E-state index in [1.165, 1.54) is 30.6 Å². The van der Waals surface area contributed by atoms with Crippen molar-refractivity contribution < 1.29 is 22.7 Å². The van der Waals surface area contributed by atoms with E-state index in [4.69, 9.17) is 17.0 Å². The van der Waals surface area contributed by atoms with Crippen molar-refractivity contribution in [3.63, 3.8) is 0 Å². The van der Waals surface area contributed by atoms with Gasteiger partial charge in [0, 0.05) is 18.2 Å². The van der Waals surface area contributed by atoms with E-state index in [1.807, 2.05) is 20.8 Å². The number of hydrogen-bond donors (Lipinski definition) is 1. The maximum absolute atomic E-state index is 15.5. The zero-order valence-corrected chi connectivity index (χ0v) is 23.2. The molecule has 9 nitrogen and oxygen atoms in total. The molecule has 3 heterocycles. The number of allylic oxidation sites excluding steroid dienone is 1. The Hall–Kier alpha value is -4.92. The fraction of sp³-hybridized carbons (Fsp3) is 0.300. The minimum atomic E-state index is -1.19. The van der Waals surface area contributed by atoms with Crippen LogP contribution in [-0.4, -0.2) is 43.1 Å². The van der Waals surface area contributed by atoms with Gasteiger partial charge in [-0.1, -0.05) is 32.9 Å². The van der Waals surface area contributed by atoms with E-state index >= 15 is 4.39 Å². The van der Waals surface area contributed by atoms with Crippen LogP contribution in [0.3, 0.4) is 0 Å². The quantitative estimate of drug-likeness (QED) is 0.219. The van der Waals surface area contributed by atoms with E-state index in [9.17, 15) is 13.6 Å². The number of rotatable bonds is 6. The fourth-order valence-corrected chi connectivity index (χ4v) is 4.98. The van der Waals surface area contributed by atoms with Crippen molar-refractivity contribution in [2.45, 2.75) is 46.2 Å². The third kappa shape index (κ3) is 5.63. The van der Waals surface area contributed by atoms with Gasteiger partial charge in [0.1, 0.15) is 29.4 Å². The molecule has 1 saturated heterocycles. The molecule has 216 valence electrons. The van der Waals surface area contributed by atoms with Crippen molar-refractivity contribution in [3.05, 3.63) is 83.4 Å². The van der Waals surface area contributed by atoms with Crippen LogP contribution in [0.25, 0.3) is 27.1 Å². The van der Waals surface area contributed by atoms with Gasteiger partial charge in [-0.25, -0.2) is 28.3 Å². The van der Waals surface area contributed by atoms with Gasteiger partial charge >= 0.3 is 0 Å². The Morgan fingerprint density at radius 2 is 1.98 bits per heavy atom. The first kappa shape index (κ1) is 28.6. The summed E-state index contributed by atoms with van der Waals surface area (Å²) in [5.41, 5.74) is 6.50. The lowest BCUT2D eigenvalue weighted by molar-refractivity contribution is -0.127. The van der Waals surface area contributed by atoms with Crippen LogP contribution in [0.2, 0.25) is 0 Å². The largest absolute Gasteiger partial charge is 0.454 e. The van der Waals surface area contributed by atoms with Crippen LogP contribution < -0.4 is 10.5 Å². The van der Waals surface area contributed by atoms with E-state index in [2.05, 4.69) is 19.9 Å². The van der Waals surface area contributed by atoms with Gasteiger partial charge in [0.2, 0.25) is 11.5 Å². The van der Waals surface area contributed by atoms with Crippen LogP contribution >= 0.6 is 0 Å². The lowest BCUT2D eigenvalue weighted by Gasteiger charge is -2.25. The zero-order chi connectivity index (χ0) is 30.2. The summed E-state index contributed by atoms with van der Waals surface area (Å²) in [6.45, 7) is 14.0. The number of nitrogen functional groups attached to an aromatic ring is 1. The highest BCUT2D eigenvalue weighted by atomic mass is 19.2. The van der Waals surface area contributed by atoms with Gasteiger partial charge in [-0.15, -0.1) is 0 Å². The summed E-state index contributed by atoms with van der Waals surface area (Å²) in [5.74, 6) is -3.71. The molecule has 1 fully saturated rings. The van der Waals surface area contributed by atoms with E-state index in [1.54, 1.807) is 15.7 Å². The molecule has 2 aromatic carbocycles. The smallest absolute Gasteiger partial charge is 0.252 e. The molecule has 1 atom stereocenters. The molecule has 4 aromatic rings. The number of hydrogen-bond acceptors (Lipinski definition) is 6. The Kier molecular flexibility index (Phi) is 7.60. The molecule has 2 aromatic heterocycles. The van der Waals surface area contributed by atoms with Crippen molar-refractivity contribution >= 4 is 22.8 Å². The molecule has 12 heteroatoms. The monoisotopic (exact) mass is 575 g/mol. The Bertz CT molecular complexity index is 1750. The molecule has 0 aliphatic carbocycles. The van der Waals surface area contributed by atoms with Crippen LogP contribution in [0.15, 0.2) is 54.5 Å². The van der Waals surface area contributed by atoms with Gasteiger partial charge in [-0.3, -0.25) is 4.79 Å². The fourth-order valence-electron chi connectivity index (χ4n) is 4.98. The van der Waals surface area contributed by atoms with Crippen molar-refractivity contribution in [1.82, 2.24) is 24.6 Å². The van der Waals surface area contributed by atoms with E-state index in [0.717, 1.165) is 18.6 Å². The number of aromatic nitrogens is 4. The van der Waals surface area contributed by atoms with E-state index in [0.29, 0.717) is 24.0 Å². The Labute approximate surface area is 240 Å². The lowest BCUT2D eigenvalue weighted by atomic mass is 9.95. The van der Waals surface area contributed by atoms with Gasteiger partial charge < -0.3 is 15.4 Å². The van der Waals surface area contributed by atoms with Crippen LogP contribution in [0.5, 0.6) is 11.5 Å². The topological polar surface area (TPSA) is 104 Å². The molecule has 0 spiro atoms. The second-order valence-electron chi connectivity index (χ2n) is 11.1. The molecule has 1 amide bonds. The predicted octanol–water partition coefficient (Wildman–Crippen LogP) is 6.13. The molecule has 0 radical (unpaired) electrons. The normalized spacial score (nSPS) is 15.7. The van der Waals surface area contributed by atoms with Gasteiger partial charge in [0.05, 0.1) is 24.5 Å². The van der Waals surface area contributed by atoms with Crippen LogP contribution in [-0.2, 0) is 11.3 Å². The molecule has 42 heavy (non-hydrogen) atoms. The number of likely N-dealkylation sites (tertiary alicyclic amines) is 1. The van der Waals surface area contributed by atoms with E-state index in [-0.39, 0.29) is 58.2 Å². The molecule has 1 aliphatic heterocycles. The van der Waals surface area contributed by atoms with Gasteiger partial charge in [0.15, 0.2) is 17.2 Å². The van der Waals surface area contributed by atoms with Crippen LogP contribution in [0.4, 0.5) is 19.0 Å². The first-order chi connectivity index (χ1) is 20.0. The highest BCUT2D eigenvalue weighted by Crippen LogP contribution is 2.35. The molecule has 1 unspecified atom stereocenters. The van der Waals surface area contributed by atoms with Crippen molar-refractivity contribution in [2.24, 2.45) is 5.41 Å². The summed E-state index contributed by atoms with van der Waals surface area (Å²) in [5, 5.41) is 4.96. The summed E-state index contributed by atoms with van der Waals surface area (Å²) < 4.78 is 50.0. The summed E-state index contributed by atoms with van der Waals surface area (Å²) >= 11 is 0. The number of ether oxygens (including phenoxy) is 1. The second kappa shape index (κ2) is 11.2. The maximum atomic E-state index is 15.5. The SMILES string of the molecule is [C-]#[N+]C(=CC(C)(C)C)C(=O)N1CCCC1Cn1nc(-c2ccc(Oc3cccc(F)c3F)cc2F)c2c(N)ncnc21. The van der Waals surface area contributed by atoms with Crippen LogP contribution in [0, 0.1) is 29.4 Å². The number of carbonyl (C=O) groups excluding carboxylic acids is 1. The third-order valence-electron chi connectivity index (χ3n) is 6.83. The molecule has 5 rings (SSSR count). The maximum Gasteiger partial charge on any atom is 0.252 e. The zero-order valence-electron chi connectivity index (χ0n) is 23.2. The first-order valence-electron chi connectivity index (χ1n) is 13.3. The Morgan fingerprint density at radius 3 is 2.69 bits per heavy atom. The van der Waals surface area contributed by atoms with Gasteiger partial charge in [-0.2, -0.15) is 9.49 Å². The van der Waals surface area contributed by atoms with Crippen molar-refractivity contribution in [1.29, 1.82) is 0 Å². The van der Waals surface area contributed by atoms with Gasteiger partial charge in [-0.05, 0) is 42.5 Å². The number of fused-ring (bicyclic) bond motifs is 1. The highest BCUT2D eigenvalue weighted by molar-refractivity contribution is 5.98. The van der Waals surface area contributed by atoms with Crippen LogP contribution in [0.1, 0.15) is 33.6 Å².